The Hall–Kier alpha value is 5.01. The molecule has 0 unspecified atom stereocenters. The second kappa shape index (κ2) is 15.5. The Morgan fingerprint density at radius 2 is 0.889 bits per heavy atom. The first-order valence-corrected chi connectivity index (χ1v) is 2.00. The van der Waals surface area contributed by atoms with Crippen LogP contribution >= 0.6 is 0 Å². The van der Waals surface area contributed by atoms with Gasteiger partial charge in [-0.15, -0.1) is 0 Å². The largest absolute Gasteiger partial charge is 1.00 e. The van der Waals surface area contributed by atoms with E-state index in [2.05, 4.69) is 0 Å². The van der Waals surface area contributed by atoms with Crippen molar-refractivity contribution in [3.05, 3.63) is 0 Å². The quantitative estimate of drug-likeness (QED) is 0.164. The summed E-state index contributed by atoms with van der Waals surface area (Å²) in [5.74, 6) is 0. The van der Waals surface area contributed by atoms with Crippen LogP contribution in [0.4, 0.5) is 0 Å². The zero-order chi connectivity index (χ0) is 4.50. The van der Waals surface area contributed by atoms with Crippen molar-refractivity contribution in [3.63, 3.8) is 0 Å². The molecule has 0 bridgehead atoms. The Balaban J connectivity index is -0.0000000133. The minimum atomic E-state index is -5.17. The molecule has 0 aliphatic carbocycles. The van der Waals surface area contributed by atoms with Crippen molar-refractivity contribution in [1.29, 1.82) is 0 Å². The van der Waals surface area contributed by atoms with Crippen LogP contribution in [0.2, 0.25) is 0 Å². The van der Waals surface area contributed by atoms with E-state index in [4.69, 9.17) is 17.5 Å². The normalized spacial score (nSPS) is 6.44. The molecule has 0 N–H and O–H groups in total. The van der Waals surface area contributed by atoms with E-state index in [0.29, 0.717) is 0 Å². The van der Waals surface area contributed by atoms with E-state index < -0.39 is 10.4 Å². The minimum absolute atomic E-state index is 0. The van der Waals surface area contributed by atoms with Gasteiger partial charge in [0.1, 0.15) is 0 Å². The van der Waals surface area contributed by atoms with Crippen LogP contribution in [0, 0.1) is 0 Å². The van der Waals surface area contributed by atoms with Crippen LogP contribution in [0.15, 0.2) is 0 Å². The second-order valence-electron chi connectivity index (χ2n) is 0.408. The molecule has 0 rings (SSSR count). The molecule has 0 saturated heterocycles. The predicted molar refractivity (Wildman–Crippen MR) is 10.5 cm³/mol. The maximum atomic E-state index is 8.52. The Morgan fingerprint density at radius 1 is 0.889 bits per heavy atom. The van der Waals surface area contributed by atoms with Gasteiger partial charge in [-0.3, -0.25) is 8.42 Å². The zero-order valence-electron chi connectivity index (χ0n) is 5.46. The molecule has 9 heavy (non-hydrogen) atoms. The van der Waals surface area contributed by atoms with Gasteiger partial charge in [0, 0.05) is 65.7 Å². The van der Waals surface area contributed by atoms with Crippen LogP contribution in [-0.2, 0) is 65.7 Å². The van der Waals surface area contributed by atoms with Gasteiger partial charge in [-0.25, -0.2) is 0 Å². The maximum absolute atomic E-state index is 8.52. The van der Waals surface area contributed by atoms with Crippen molar-refractivity contribution in [3.8, 4) is 0 Å². The van der Waals surface area contributed by atoms with Crippen molar-refractivity contribution in [1.82, 2.24) is 0 Å². The van der Waals surface area contributed by atoms with Gasteiger partial charge in [0.15, 0.2) is 0 Å². The minimum Gasteiger partial charge on any atom is -0.759 e. The van der Waals surface area contributed by atoms with Gasteiger partial charge in [0.2, 0.25) is 0 Å². The molecule has 0 radical (unpaired) electrons. The third kappa shape index (κ3) is 62.8. The standard InChI is InChI=1S/2Hg.2K.H2O4S/c;;;;1-5(2,3)4/h;;;;(H2,1,2,3,4)/q;;2*+1;/p-2. The van der Waals surface area contributed by atoms with Crippen LogP contribution in [0.1, 0.15) is 0 Å². The molecular weight excluding hydrogens is 575 g/mol. The summed E-state index contributed by atoms with van der Waals surface area (Å²) in [4.78, 5) is 0. The molecule has 0 aromatic carbocycles. The molecule has 0 aromatic heterocycles. The fourth-order valence-electron chi connectivity index (χ4n) is 0. The Morgan fingerprint density at radius 3 is 0.889 bits per heavy atom. The Kier molecular flexibility index (Phi) is 50.3. The van der Waals surface area contributed by atoms with Gasteiger partial charge in [-0.05, 0) is 0 Å². The summed E-state index contributed by atoms with van der Waals surface area (Å²) in [7, 11) is -5.17. The third-order valence-corrected chi connectivity index (χ3v) is 0. The van der Waals surface area contributed by atoms with Gasteiger partial charge in [-0.1, -0.05) is 0 Å². The average molecular weight is 575 g/mol. The molecule has 0 atom stereocenters. The molecule has 0 amide bonds. The molecular formula is Hg2K2O4S. The topological polar surface area (TPSA) is 80.3 Å². The molecule has 0 aromatic rings. The summed E-state index contributed by atoms with van der Waals surface area (Å²) in [6.07, 6.45) is 0. The van der Waals surface area contributed by atoms with E-state index in [0.717, 1.165) is 0 Å². The third-order valence-electron chi connectivity index (χ3n) is 0. The summed E-state index contributed by atoms with van der Waals surface area (Å²) in [5.41, 5.74) is 0. The summed E-state index contributed by atoms with van der Waals surface area (Å²) in [6.45, 7) is 0. The van der Waals surface area contributed by atoms with Crippen LogP contribution in [0.3, 0.4) is 0 Å². The van der Waals surface area contributed by atoms with Crippen molar-refractivity contribution in [2.24, 2.45) is 0 Å². The molecule has 0 fully saturated rings. The van der Waals surface area contributed by atoms with Crippen molar-refractivity contribution >= 4 is 10.4 Å². The van der Waals surface area contributed by atoms with Crippen LogP contribution < -0.4 is 103 Å². The van der Waals surface area contributed by atoms with Gasteiger partial charge < -0.3 is 9.11 Å². The number of rotatable bonds is 0. The smallest absolute Gasteiger partial charge is 0.759 e. The predicted octanol–water partition coefficient (Wildman–Crippen LogP) is -7.33. The van der Waals surface area contributed by atoms with Crippen molar-refractivity contribution < 1.29 is 176 Å². The van der Waals surface area contributed by atoms with E-state index in [-0.39, 0.29) is 158 Å². The summed E-state index contributed by atoms with van der Waals surface area (Å²) < 4.78 is 34.1. The molecule has 0 spiro atoms. The fraction of sp³-hybridized carbons (Fsp3) is 0. The maximum Gasteiger partial charge on any atom is 1.00 e. The van der Waals surface area contributed by atoms with E-state index >= 15 is 0 Å². The molecule has 36 valence electrons. The van der Waals surface area contributed by atoms with Crippen molar-refractivity contribution in [2.75, 3.05) is 0 Å². The van der Waals surface area contributed by atoms with Crippen LogP contribution in [0.25, 0.3) is 0 Å². The molecule has 0 heterocycles. The van der Waals surface area contributed by atoms with Gasteiger partial charge in [0.05, 0.1) is 0 Å². The van der Waals surface area contributed by atoms with Crippen LogP contribution in [-0.4, -0.2) is 17.5 Å². The van der Waals surface area contributed by atoms with Gasteiger partial charge in [-0.2, -0.15) is 0 Å². The first-order valence-electron chi connectivity index (χ1n) is 0.667. The molecule has 9 heteroatoms. The number of hydrogen-bond acceptors (Lipinski definition) is 4. The SMILES string of the molecule is O=S(=O)([O-])[O-].[Hg].[Hg].[K+].[K+]. The zero-order valence-corrected chi connectivity index (χ0v) is 23.5. The summed E-state index contributed by atoms with van der Waals surface area (Å²) in [6, 6.07) is 0. The molecule has 4 nitrogen and oxygen atoms in total. The van der Waals surface area contributed by atoms with E-state index in [9.17, 15) is 0 Å². The van der Waals surface area contributed by atoms with Gasteiger partial charge in [0.25, 0.3) is 0 Å². The Bertz CT molecular complexity index is 99.7. The summed E-state index contributed by atoms with van der Waals surface area (Å²) in [5, 5.41) is 0. The Labute approximate surface area is 180 Å². The molecule has 0 saturated carbocycles. The van der Waals surface area contributed by atoms with Crippen LogP contribution in [0.5, 0.6) is 0 Å². The molecule has 0 aliphatic rings. The number of hydrogen-bond donors (Lipinski definition) is 0. The molecule has 0 aliphatic heterocycles. The summed E-state index contributed by atoms with van der Waals surface area (Å²) >= 11 is 0. The second-order valence-corrected chi connectivity index (χ2v) is 1.22. The van der Waals surface area contributed by atoms with Gasteiger partial charge >= 0.3 is 103 Å². The van der Waals surface area contributed by atoms with E-state index in [1.165, 1.54) is 0 Å². The van der Waals surface area contributed by atoms with E-state index in [1.54, 1.807) is 0 Å². The first-order chi connectivity index (χ1) is 2.00. The van der Waals surface area contributed by atoms with E-state index in [1.807, 2.05) is 0 Å². The monoisotopic (exact) mass is 578 g/mol. The fourth-order valence-corrected chi connectivity index (χ4v) is 0. The van der Waals surface area contributed by atoms with Crippen molar-refractivity contribution in [2.45, 2.75) is 0 Å². The first kappa shape index (κ1) is 29.2. The average Bonchev–Trinajstić information content (AvgIpc) is 0.722.